The van der Waals surface area contributed by atoms with E-state index in [0.717, 1.165) is 33.8 Å². The van der Waals surface area contributed by atoms with Gasteiger partial charge in [0, 0.05) is 28.2 Å². The molecule has 4 aromatic rings. The van der Waals surface area contributed by atoms with Crippen LogP contribution in [-0.4, -0.2) is 25.5 Å². The van der Waals surface area contributed by atoms with Crippen LogP contribution in [-0.2, 0) is 11.2 Å². The van der Waals surface area contributed by atoms with Crippen molar-refractivity contribution in [2.24, 2.45) is 0 Å². The second-order valence-electron chi connectivity index (χ2n) is 6.93. The van der Waals surface area contributed by atoms with E-state index in [0.29, 0.717) is 16.6 Å². The van der Waals surface area contributed by atoms with Crippen LogP contribution in [0.2, 0.25) is 5.02 Å². The number of anilines is 1. The first-order valence-electron chi connectivity index (χ1n) is 9.27. The zero-order valence-electron chi connectivity index (χ0n) is 16.4. The Morgan fingerprint density at radius 1 is 1.03 bits per heavy atom. The minimum Gasteiger partial charge on any atom is -0.326 e. The first kappa shape index (κ1) is 19.1. The lowest BCUT2D eigenvalue weighted by molar-refractivity contribution is -0.115. The number of amides is 1. The summed E-state index contributed by atoms with van der Waals surface area (Å²) in [6, 6.07) is 15.1. The first-order chi connectivity index (χ1) is 13.9. The molecule has 4 rings (SSSR count). The lowest BCUT2D eigenvalue weighted by atomic mass is 10.1. The highest BCUT2D eigenvalue weighted by Gasteiger charge is 2.18. The normalized spacial score (nSPS) is 11.0. The zero-order valence-corrected chi connectivity index (χ0v) is 17.2. The van der Waals surface area contributed by atoms with Crippen molar-refractivity contribution in [1.82, 2.24) is 19.6 Å². The number of hydrogen-bond donors (Lipinski definition) is 1. The molecule has 0 aliphatic rings. The van der Waals surface area contributed by atoms with E-state index in [4.69, 9.17) is 11.6 Å². The molecule has 0 unspecified atom stereocenters. The molecular weight excluding hydrogens is 386 g/mol. The van der Waals surface area contributed by atoms with Crippen LogP contribution < -0.4 is 5.32 Å². The molecule has 0 saturated carbocycles. The molecule has 7 heteroatoms. The van der Waals surface area contributed by atoms with Gasteiger partial charge in [-0.3, -0.25) is 4.79 Å². The molecule has 0 aliphatic carbocycles. The van der Waals surface area contributed by atoms with E-state index in [1.165, 1.54) is 0 Å². The highest BCUT2D eigenvalue weighted by atomic mass is 35.5. The summed E-state index contributed by atoms with van der Waals surface area (Å²) < 4.78 is 1.67. The Morgan fingerprint density at radius 3 is 2.52 bits per heavy atom. The lowest BCUT2D eigenvalue weighted by Gasteiger charge is -2.12. The third-order valence-corrected chi connectivity index (χ3v) is 5.25. The molecule has 29 heavy (non-hydrogen) atoms. The van der Waals surface area contributed by atoms with E-state index in [1.54, 1.807) is 10.6 Å². The number of rotatable bonds is 4. The van der Waals surface area contributed by atoms with E-state index in [-0.39, 0.29) is 12.3 Å². The van der Waals surface area contributed by atoms with Gasteiger partial charge in [0.2, 0.25) is 5.91 Å². The molecule has 1 N–H and O–H groups in total. The Labute approximate surface area is 173 Å². The summed E-state index contributed by atoms with van der Waals surface area (Å²) in [6.07, 6.45) is 0.205. The summed E-state index contributed by atoms with van der Waals surface area (Å²) in [4.78, 5) is 21.7. The van der Waals surface area contributed by atoms with Crippen molar-refractivity contribution >= 4 is 29.0 Å². The maximum atomic E-state index is 12.6. The molecule has 0 atom stereocenters. The number of nitrogens with one attached hydrogen (secondary N) is 1. The number of benzene rings is 2. The van der Waals surface area contributed by atoms with Gasteiger partial charge in [-0.15, -0.1) is 5.10 Å². The second-order valence-corrected chi connectivity index (χ2v) is 7.34. The van der Waals surface area contributed by atoms with Crippen LogP contribution in [0.4, 0.5) is 5.69 Å². The van der Waals surface area contributed by atoms with E-state index in [9.17, 15) is 4.79 Å². The Morgan fingerprint density at radius 2 is 1.76 bits per heavy atom. The monoisotopic (exact) mass is 405 g/mol. The predicted octanol–water partition coefficient (Wildman–Crippen LogP) is 4.55. The smallest absolute Gasteiger partial charge is 0.253 e. The van der Waals surface area contributed by atoms with Crippen LogP contribution in [0.5, 0.6) is 0 Å². The van der Waals surface area contributed by atoms with Gasteiger partial charge in [0.25, 0.3) is 5.78 Å². The number of aryl methyl sites for hydroxylation is 3. The minimum absolute atomic E-state index is 0.0990. The zero-order chi connectivity index (χ0) is 20.5. The number of fused-ring (bicyclic) bond motifs is 1. The van der Waals surface area contributed by atoms with E-state index < -0.39 is 0 Å². The van der Waals surface area contributed by atoms with E-state index in [2.05, 4.69) is 20.4 Å². The van der Waals surface area contributed by atoms with Gasteiger partial charge in [0.1, 0.15) is 0 Å². The summed E-state index contributed by atoms with van der Waals surface area (Å²) in [7, 11) is 0. The topological polar surface area (TPSA) is 72.2 Å². The Bertz CT molecular complexity index is 1230. The molecule has 2 aromatic heterocycles. The summed E-state index contributed by atoms with van der Waals surface area (Å²) in [6.45, 7) is 5.77. The Kier molecular flexibility index (Phi) is 5.03. The van der Waals surface area contributed by atoms with Gasteiger partial charge in [-0.25, -0.2) is 9.50 Å². The van der Waals surface area contributed by atoms with Gasteiger partial charge in [0.15, 0.2) is 5.82 Å². The van der Waals surface area contributed by atoms with Crippen molar-refractivity contribution in [3.63, 3.8) is 0 Å². The Balaban J connectivity index is 1.67. The van der Waals surface area contributed by atoms with Gasteiger partial charge in [-0.1, -0.05) is 41.9 Å². The van der Waals surface area contributed by atoms with E-state index >= 15 is 0 Å². The van der Waals surface area contributed by atoms with Gasteiger partial charge in [0.05, 0.1) is 11.4 Å². The average Bonchev–Trinajstić information content (AvgIpc) is 3.11. The molecule has 0 bridgehead atoms. The maximum Gasteiger partial charge on any atom is 0.253 e. The molecule has 146 valence electrons. The molecule has 6 nitrogen and oxygen atoms in total. The number of aromatic nitrogens is 4. The standard InChI is InChI=1S/C22H20ClN5O/c1-13-8-4-7-11-19(13)25-20(29)12-17-14(2)24-22-26-21(27-28(22)15(17)3)16-9-5-6-10-18(16)23/h4-11H,12H2,1-3H3,(H,25,29). The highest BCUT2D eigenvalue weighted by Crippen LogP contribution is 2.26. The SMILES string of the molecule is Cc1ccccc1NC(=O)Cc1c(C)nc2nc(-c3ccccc3Cl)nn2c1C. The molecule has 1 amide bonds. The maximum absolute atomic E-state index is 12.6. The lowest BCUT2D eigenvalue weighted by Crippen LogP contribution is -2.18. The molecular formula is C22H20ClN5O. The average molecular weight is 406 g/mol. The van der Waals surface area contributed by atoms with Crippen LogP contribution in [0.15, 0.2) is 48.5 Å². The first-order valence-corrected chi connectivity index (χ1v) is 9.65. The molecule has 0 radical (unpaired) electrons. The summed E-state index contributed by atoms with van der Waals surface area (Å²) in [5.74, 6) is 0.892. The molecule has 2 aromatic carbocycles. The number of para-hydroxylation sites is 1. The van der Waals surface area contributed by atoms with Crippen molar-refractivity contribution in [3.8, 4) is 11.4 Å². The summed E-state index contributed by atoms with van der Waals surface area (Å²) >= 11 is 6.28. The number of halogens is 1. The van der Waals surface area contributed by atoms with Gasteiger partial charge in [-0.2, -0.15) is 4.98 Å². The third kappa shape index (κ3) is 3.71. The number of carbonyl (C=O) groups excluding carboxylic acids is 1. The van der Waals surface area contributed by atoms with Crippen molar-refractivity contribution in [1.29, 1.82) is 0 Å². The van der Waals surface area contributed by atoms with Gasteiger partial charge in [-0.05, 0) is 44.5 Å². The quantitative estimate of drug-likeness (QED) is 0.540. The molecule has 0 saturated heterocycles. The van der Waals surface area contributed by atoms with Crippen molar-refractivity contribution in [2.75, 3.05) is 5.32 Å². The number of carbonyl (C=O) groups is 1. The van der Waals surface area contributed by atoms with Gasteiger partial charge < -0.3 is 5.32 Å². The Hall–Kier alpha value is -3.25. The number of hydrogen-bond acceptors (Lipinski definition) is 4. The second kappa shape index (κ2) is 7.64. The fourth-order valence-corrected chi connectivity index (χ4v) is 3.51. The van der Waals surface area contributed by atoms with Crippen LogP contribution in [0, 0.1) is 20.8 Å². The molecule has 0 fully saturated rings. The van der Waals surface area contributed by atoms with Crippen molar-refractivity contribution in [2.45, 2.75) is 27.2 Å². The van der Waals surface area contributed by atoms with Crippen molar-refractivity contribution in [3.05, 3.63) is 76.1 Å². The fraction of sp³-hybridized carbons (Fsp3) is 0.182. The minimum atomic E-state index is -0.0990. The molecule has 0 spiro atoms. The third-order valence-electron chi connectivity index (χ3n) is 4.92. The molecule has 0 aliphatic heterocycles. The highest BCUT2D eigenvalue weighted by molar-refractivity contribution is 6.33. The van der Waals surface area contributed by atoms with Crippen LogP contribution in [0.25, 0.3) is 17.2 Å². The van der Waals surface area contributed by atoms with Crippen LogP contribution in [0.1, 0.15) is 22.5 Å². The molecule has 2 heterocycles. The fourth-order valence-electron chi connectivity index (χ4n) is 3.29. The van der Waals surface area contributed by atoms with Crippen LogP contribution >= 0.6 is 11.6 Å². The van der Waals surface area contributed by atoms with Crippen LogP contribution in [0.3, 0.4) is 0 Å². The van der Waals surface area contributed by atoms with Gasteiger partial charge >= 0.3 is 0 Å². The summed E-state index contributed by atoms with van der Waals surface area (Å²) in [5, 5.41) is 8.13. The van der Waals surface area contributed by atoms with E-state index in [1.807, 2.05) is 63.2 Å². The predicted molar refractivity (Wildman–Crippen MR) is 114 cm³/mol. The number of nitrogens with zero attached hydrogens (tertiary/aromatic N) is 4. The summed E-state index contributed by atoms with van der Waals surface area (Å²) in [5.41, 5.74) is 4.99. The van der Waals surface area contributed by atoms with Crippen molar-refractivity contribution < 1.29 is 4.79 Å². The largest absolute Gasteiger partial charge is 0.326 e.